The van der Waals surface area contributed by atoms with Gasteiger partial charge in [-0.3, -0.25) is 4.79 Å². The Bertz CT molecular complexity index is 1080. The maximum Gasteiger partial charge on any atom is 0.243 e. The molecule has 1 heterocycles. The number of likely N-dealkylation sites (N-methyl/N-ethyl adjacent to an activating group) is 1. The number of anilines is 1. The lowest BCUT2D eigenvalue weighted by Crippen LogP contribution is -2.34. The van der Waals surface area contributed by atoms with Crippen molar-refractivity contribution in [2.75, 3.05) is 26.0 Å². The Balaban J connectivity index is 1.70. The molecule has 0 unspecified atom stereocenters. The molecule has 27 heavy (non-hydrogen) atoms. The number of rotatable bonds is 6. The van der Waals surface area contributed by atoms with Gasteiger partial charge in [0.1, 0.15) is 11.6 Å². The van der Waals surface area contributed by atoms with Gasteiger partial charge in [0, 0.05) is 7.05 Å². The number of ether oxygens (including phenoxy) is 1. The quantitative estimate of drug-likeness (QED) is 0.676. The Morgan fingerprint density at radius 1 is 1.26 bits per heavy atom. The zero-order valence-corrected chi connectivity index (χ0v) is 16.1. The molecule has 0 fully saturated rings. The van der Waals surface area contributed by atoms with Crippen LogP contribution in [0.4, 0.5) is 9.52 Å². The number of nitrogens with one attached hydrogen (secondary N) is 1. The smallest absolute Gasteiger partial charge is 0.243 e. The van der Waals surface area contributed by atoms with Gasteiger partial charge >= 0.3 is 0 Å². The number of carbonyl (C=O) groups is 1. The maximum absolute atomic E-state index is 13.0. The number of fused-ring (bicyclic) bond motifs is 1. The van der Waals surface area contributed by atoms with Crippen molar-refractivity contribution < 1.29 is 22.3 Å². The van der Waals surface area contributed by atoms with E-state index in [1.165, 1.54) is 18.4 Å². The number of amides is 1. The molecular weight excluding hydrogens is 393 g/mol. The van der Waals surface area contributed by atoms with Gasteiger partial charge in [-0.05, 0) is 42.5 Å². The van der Waals surface area contributed by atoms with Crippen molar-refractivity contribution >= 4 is 42.6 Å². The fourth-order valence-electron chi connectivity index (χ4n) is 2.32. The summed E-state index contributed by atoms with van der Waals surface area (Å²) in [4.78, 5) is 16.4. The first-order chi connectivity index (χ1) is 12.8. The van der Waals surface area contributed by atoms with Crippen molar-refractivity contribution in [2.24, 2.45) is 0 Å². The molecule has 1 N–H and O–H groups in total. The van der Waals surface area contributed by atoms with Crippen LogP contribution in [0.2, 0.25) is 0 Å². The summed E-state index contributed by atoms with van der Waals surface area (Å²) in [5.41, 5.74) is 0.698. The average molecular weight is 409 g/mol. The molecule has 0 saturated heterocycles. The number of halogens is 1. The number of aromatic nitrogens is 1. The summed E-state index contributed by atoms with van der Waals surface area (Å²) in [6.45, 7) is -0.404. The molecule has 2 aromatic carbocycles. The first kappa shape index (κ1) is 19.2. The molecule has 142 valence electrons. The minimum absolute atomic E-state index is 0.0914. The van der Waals surface area contributed by atoms with Gasteiger partial charge in [-0.2, -0.15) is 4.31 Å². The summed E-state index contributed by atoms with van der Waals surface area (Å²) >= 11 is 1.26. The van der Waals surface area contributed by atoms with E-state index in [-0.39, 0.29) is 4.90 Å². The molecule has 0 atom stereocenters. The fraction of sp³-hybridized carbons (Fsp3) is 0.176. The van der Waals surface area contributed by atoms with Crippen LogP contribution in [-0.2, 0) is 14.8 Å². The van der Waals surface area contributed by atoms with Crippen LogP contribution in [-0.4, -0.2) is 44.3 Å². The lowest BCUT2D eigenvalue weighted by Gasteiger charge is -2.16. The second-order valence-electron chi connectivity index (χ2n) is 5.62. The van der Waals surface area contributed by atoms with Crippen molar-refractivity contribution in [3.63, 3.8) is 0 Å². The SMILES string of the molecule is COc1ccc2nc(NC(=O)CN(C)S(=O)(=O)c3ccc(F)cc3)sc2c1. The molecule has 10 heteroatoms. The summed E-state index contributed by atoms with van der Waals surface area (Å²) in [7, 11) is -1.07. The molecule has 7 nitrogen and oxygen atoms in total. The van der Waals surface area contributed by atoms with Crippen LogP contribution in [0.5, 0.6) is 5.75 Å². The van der Waals surface area contributed by atoms with Crippen LogP contribution < -0.4 is 10.1 Å². The average Bonchev–Trinajstić information content (AvgIpc) is 3.02. The fourth-order valence-corrected chi connectivity index (χ4v) is 4.36. The van der Waals surface area contributed by atoms with Gasteiger partial charge < -0.3 is 10.1 Å². The molecule has 0 aliphatic rings. The van der Waals surface area contributed by atoms with E-state index in [1.807, 2.05) is 0 Å². The third-order valence-corrected chi connectivity index (χ3v) is 6.48. The third kappa shape index (κ3) is 4.24. The number of hydrogen-bond donors (Lipinski definition) is 1. The summed E-state index contributed by atoms with van der Waals surface area (Å²) in [5.74, 6) is -0.398. The second-order valence-corrected chi connectivity index (χ2v) is 8.69. The Kier molecular flexibility index (Phi) is 5.40. The van der Waals surface area contributed by atoms with Crippen LogP contribution in [0.3, 0.4) is 0 Å². The molecule has 0 spiro atoms. The largest absolute Gasteiger partial charge is 0.497 e. The highest BCUT2D eigenvalue weighted by atomic mass is 32.2. The number of benzene rings is 2. The molecule has 0 saturated carbocycles. The van der Waals surface area contributed by atoms with Gasteiger partial charge in [-0.25, -0.2) is 17.8 Å². The van der Waals surface area contributed by atoms with E-state index in [1.54, 1.807) is 25.3 Å². The van der Waals surface area contributed by atoms with Crippen molar-refractivity contribution in [3.8, 4) is 5.75 Å². The standard InChI is InChI=1S/C17H16FN3O4S2/c1-21(27(23,24)13-6-3-11(18)4-7-13)10-16(22)20-17-19-14-8-5-12(25-2)9-15(14)26-17/h3-9H,10H2,1-2H3,(H,19,20,22). The van der Waals surface area contributed by atoms with Crippen molar-refractivity contribution in [1.82, 2.24) is 9.29 Å². The Morgan fingerprint density at radius 3 is 2.63 bits per heavy atom. The van der Waals surface area contributed by atoms with Crippen LogP contribution in [0.25, 0.3) is 10.2 Å². The zero-order chi connectivity index (χ0) is 19.6. The first-order valence-electron chi connectivity index (χ1n) is 7.76. The maximum atomic E-state index is 13.0. The van der Waals surface area contributed by atoms with Gasteiger partial charge in [0.2, 0.25) is 15.9 Å². The molecule has 0 bridgehead atoms. The molecule has 1 aromatic heterocycles. The van der Waals surface area contributed by atoms with Crippen LogP contribution in [0.15, 0.2) is 47.4 Å². The Hall–Kier alpha value is -2.56. The van der Waals surface area contributed by atoms with Gasteiger partial charge in [0.05, 0.1) is 28.8 Å². The van der Waals surface area contributed by atoms with Crippen LogP contribution in [0.1, 0.15) is 0 Å². The van der Waals surface area contributed by atoms with Crippen molar-refractivity contribution in [3.05, 3.63) is 48.3 Å². The molecule has 0 aliphatic heterocycles. The number of carbonyl (C=O) groups excluding carboxylic acids is 1. The number of hydrogen-bond acceptors (Lipinski definition) is 6. The highest BCUT2D eigenvalue weighted by Gasteiger charge is 2.23. The highest BCUT2D eigenvalue weighted by Crippen LogP contribution is 2.29. The predicted octanol–water partition coefficient (Wildman–Crippen LogP) is 2.70. The lowest BCUT2D eigenvalue weighted by atomic mass is 10.3. The van der Waals surface area contributed by atoms with E-state index >= 15 is 0 Å². The molecule has 3 aromatic rings. The van der Waals surface area contributed by atoms with E-state index in [4.69, 9.17) is 4.74 Å². The topological polar surface area (TPSA) is 88.6 Å². The number of thiazole rings is 1. The Morgan fingerprint density at radius 2 is 1.96 bits per heavy atom. The molecule has 3 rings (SSSR count). The predicted molar refractivity (Wildman–Crippen MR) is 101 cm³/mol. The van der Waals surface area contributed by atoms with Gasteiger partial charge in [0.25, 0.3) is 0 Å². The van der Waals surface area contributed by atoms with Crippen LogP contribution in [0, 0.1) is 5.82 Å². The van der Waals surface area contributed by atoms with Crippen molar-refractivity contribution in [1.29, 1.82) is 0 Å². The van der Waals surface area contributed by atoms with Crippen LogP contribution >= 0.6 is 11.3 Å². The number of sulfonamides is 1. The third-order valence-electron chi connectivity index (χ3n) is 3.73. The zero-order valence-electron chi connectivity index (χ0n) is 14.5. The molecule has 0 aliphatic carbocycles. The minimum Gasteiger partial charge on any atom is -0.497 e. The summed E-state index contributed by atoms with van der Waals surface area (Å²) in [6.07, 6.45) is 0. The summed E-state index contributed by atoms with van der Waals surface area (Å²) in [5, 5.41) is 2.95. The van der Waals surface area contributed by atoms with E-state index in [0.717, 1.165) is 33.3 Å². The van der Waals surface area contributed by atoms with E-state index in [9.17, 15) is 17.6 Å². The number of nitrogens with zero attached hydrogens (tertiary/aromatic N) is 2. The van der Waals surface area contributed by atoms with Gasteiger partial charge in [-0.1, -0.05) is 11.3 Å². The summed E-state index contributed by atoms with van der Waals surface area (Å²) in [6, 6.07) is 9.74. The monoisotopic (exact) mass is 409 g/mol. The lowest BCUT2D eigenvalue weighted by molar-refractivity contribution is -0.116. The van der Waals surface area contributed by atoms with Gasteiger partial charge in [-0.15, -0.1) is 0 Å². The normalized spacial score (nSPS) is 11.7. The second kappa shape index (κ2) is 7.59. The molecule has 1 amide bonds. The van der Waals surface area contributed by atoms with E-state index < -0.39 is 28.3 Å². The minimum atomic E-state index is -3.90. The number of methoxy groups -OCH3 is 1. The molecule has 0 radical (unpaired) electrons. The highest BCUT2D eigenvalue weighted by molar-refractivity contribution is 7.89. The summed E-state index contributed by atoms with van der Waals surface area (Å²) < 4.78 is 44.7. The van der Waals surface area contributed by atoms with E-state index in [2.05, 4.69) is 10.3 Å². The Labute approximate surface area is 159 Å². The molecular formula is C17H16FN3O4S2. The van der Waals surface area contributed by atoms with E-state index in [0.29, 0.717) is 16.4 Å². The van der Waals surface area contributed by atoms with Crippen molar-refractivity contribution in [2.45, 2.75) is 4.90 Å². The van der Waals surface area contributed by atoms with Gasteiger partial charge in [0.15, 0.2) is 5.13 Å². The first-order valence-corrected chi connectivity index (χ1v) is 10.0.